The SMILES string of the molecule is CC(=O)NC1=NN(C(C)=O)[C@H](c2ccc(OC(=O)c3ccc(F)cc3)c(Cl)c2)S1. The van der Waals surface area contributed by atoms with Crippen LogP contribution in [-0.4, -0.2) is 28.0 Å². The minimum absolute atomic E-state index is 0.116. The molecular formula is C19H15ClFN3O4S. The third-order valence-corrected chi connectivity index (χ3v) is 5.17. The molecule has 0 aliphatic carbocycles. The molecule has 0 bridgehead atoms. The van der Waals surface area contributed by atoms with E-state index in [4.69, 9.17) is 16.3 Å². The molecule has 0 saturated heterocycles. The fourth-order valence-corrected chi connectivity index (χ4v) is 3.83. The molecule has 0 spiro atoms. The van der Waals surface area contributed by atoms with E-state index in [9.17, 15) is 18.8 Å². The normalized spacial score (nSPS) is 15.7. The van der Waals surface area contributed by atoms with Gasteiger partial charge in [-0.1, -0.05) is 29.4 Å². The maximum atomic E-state index is 13.0. The predicted molar refractivity (Wildman–Crippen MR) is 107 cm³/mol. The van der Waals surface area contributed by atoms with Crippen molar-refractivity contribution in [3.63, 3.8) is 0 Å². The Morgan fingerprint density at radius 1 is 1.17 bits per heavy atom. The molecule has 0 fully saturated rings. The van der Waals surface area contributed by atoms with Gasteiger partial charge in [0, 0.05) is 13.8 Å². The Morgan fingerprint density at radius 3 is 2.45 bits per heavy atom. The van der Waals surface area contributed by atoms with Crippen LogP contribution in [0.1, 0.15) is 35.1 Å². The molecule has 3 rings (SSSR count). The van der Waals surface area contributed by atoms with Gasteiger partial charge in [-0.25, -0.2) is 14.2 Å². The maximum absolute atomic E-state index is 13.0. The third-order valence-electron chi connectivity index (χ3n) is 3.77. The molecule has 7 nitrogen and oxygen atoms in total. The summed E-state index contributed by atoms with van der Waals surface area (Å²) in [4.78, 5) is 35.3. The van der Waals surface area contributed by atoms with E-state index in [0.717, 1.165) is 12.1 Å². The van der Waals surface area contributed by atoms with Crippen molar-refractivity contribution in [3.05, 3.63) is 64.4 Å². The molecular weight excluding hydrogens is 421 g/mol. The molecule has 0 aromatic heterocycles. The van der Waals surface area contributed by atoms with Gasteiger partial charge in [0.15, 0.2) is 5.17 Å². The van der Waals surface area contributed by atoms with E-state index in [-0.39, 0.29) is 28.1 Å². The molecule has 1 aliphatic heterocycles. The average molecular weight is 436 g/mol. The number of thioether (sulfide) groups is 1. The Labute approximate surface area is 174 Å². The Hall–Kier alpha value is -2.91. The maximum Gasteiger partial charge on any atom is 0.343 e. The molecule has 1 heterocycles. The molecule has 0 saturated carbocycles. The zero-order valence-electron chi connectivity index (χ0n) is 15.3. The fourth-order valence-electron chi connectivity index (χ4n) is 2.48. The number of carbonyl (C=O) groups excluding carboxylic acids is 3. The molecule has 150 valence electrons. The quantitative estimate of drug-likeness (QED) is 0.586. The zero-order valence-corrected chi connectivity index (χ0v) is 16.9. The number of amidine groups is 1. The number of ether oxygens (including phenoxy) is 1. The van der Waals surface area contributed by atoms with Crippen LogP contribution in [-0.2, 0) is 9.59 Å². The van der Waals surface area contributed by atoms with Gasteiger partial charge in [-0.3, -0.25) is 9.59 Å². The van der Waals surface area contributed by atoms with Crippen LogP contribution in [0.4, 0.5) is 4.39 Å². The summed E-state index contributed by atoms with van der Waals surface area (Å²) in [6, 6.07) is 9.60. The molecule has 2 amide bonds. The summed E-state index contributed by atoms with van der Waals surface area (Å²) in [6.45, 7) is 2.70. The number of nitrogens with one attached hydrogen (secondary N) is 1. The van der Waals surface area contributed by atoms with Crippen molar-refractivity contribution < 1.29 is 23.5 Å². The minimum Gasteiger partial charge on any atom is -0.421 e. The summed E-state index contributed by atoms with van der Waals surface area (Å²) in [7, 11) is 0. The molecule has 0 radical (unpaired) electrons. The van der Waals surface area contributed by atoms with E-state index in [1.807, 2.05) is 0 Å². The highest BCUT2D eigenvalue weighted by molar-refractivity contribution is 8.14. The zero-order chi connectivity index (χ0) is 21.1. The first kappa shape index (κ1) is 20.8. The molecule has 2 aromatic rings. The topological polar surface area (TPSA) is 88.1 Å². The Morgan fingerprint density at radius 2 is 1.86 bits per heavy atom. The molecule has 10 heteroatoms. The molecule has 1 atom stereocenters. The van der Waals surface area contributed by atoms with Gasteiger partial charge in [-0.2, -0.15) is 0 Å². The summed E-state index contributed by atoms with van der Waals surface area (Å²) in [5.41, 5.74) is 0.801. The smallest absolute Gasteiger partial charge is 0.343 e. The van der Waals surface area contributed by atoms with E-state index in [2.05, 4.69) is 10.4 Å². The largest absolute Gasteiger partial charge is 0.421 e. The summed E-state index contributed by atoms with van der Waals surface area (Å²) < 4.78 is 18.3. The van der Waals surface area contributed by atoms with Crippen LogP contribution < -0.4 is 10.1 Å². The number of halogens is 2. The first-order valence-corrected chi connectivity index (χ1v) is 9.60. The van der Waals surface area contributed by atoms with E-state index in [1.54, 1.807) is 12.1 Å². The number of hydrogen-bond donors (Lipinski definition) is 1. The number of amides is 2. The van der Waals surface area contributed by atoms with Crippen LogP contribution in [0.2, 0.25) is 5.02 Å². The summed E-state index contributed by atoms with van der Waals surface area (Å²) in [5.74, 6) is -1.65. The van der Waals surface area contributed by atoms with Gasteiger partial charge >= 0.3 is 5.97 Å². The van der Waals surface area contributed by atoms with Crippen LogP contribution in [0.25, 0.3) is 0 Å². The summed E-state index contributed by atoms with van der Waals surface area (Å²) >= 11 is 7.43. The van der Waals surface area contributed by atoms with Crippen molar-refractivity contribution >= 4 is 46.3 Å². The number of rotatable bonds is 3. The van der Waals surface area contributed by atoms with Crippen LogP contribution >= 0.6 is 23.4 Å². The number of hydrazone groups is 1. The van der Waals surface area contributed by atoms with Crippen molar-refractivity contribution in [2.75, 3.05) is 0 Å². The number of carbonyl (C=O) groups is 3. The van der Waals surface area contributed by atoms with Gasteiger partial charge < -0.3 is 10.1 Å². The number of nitrogens with zero attached hydrogens (tertiary/aromatic N) is 2. The van der Waals surface area contributed by atoms with Crippen LogP contribution in [0.15, 0.2) is 47.6 Å². The third kappa shape index (κ3) is 4.93. The standard InChI is InChI=1S/C19H15ClFN3O4S/c1-10(25)22-19-23-24(11(2)26)17(29-19)13-5-8-16(15(20)9-13)28-18(27)12-3-6-14(21)7-4-12/h3-9,17H,1-2H3,(H,22,23,25)/t17-/m0/s1. The molecule has 1 aliphatic rings. The second-order valence-electron chi connectivity index (χ2n) is 6.01. The fraction of sp³-hybridized carbons (Fsp3) is 0.158. The van der Waals surface area contributed by atoms with E-state index < -0.39 is 17.2 Å². The summed E-state index contributed by atoms with van der Waals surface area (Å²) in [6.07, 6.45) is 0. The summed E-state index contributed by atoms with van der Waals surface area (Å²) in [5, 5.41) is 7.79. The van der Waals surface area contributed by atoms with E-state index in [0.29, 0.717) is 10.7 Å². The highest BCUT2D eigenvalue weighted by Gasteiger charge is 2.32. The van der Waals surface area contributed by atoms with Crippen LogP contribution in [0, 0.1) is 5.82 Å². The lowest BCUT2D eigenvalue weighted by molar-refractivity contribution is -0.129. The van der Waals surface area contributed by atoms with Crippen molar-refractivity contribution in [1.82, 2.24) is 10.3 Å². The lowest BCUT2D eigenvalue weighted by atomic mass is 10.2. The lowest BCUT2D eigenvalue weighted by Gasteiger charge is -2.19. The average Bonchev–Trinajstić information content (AvgIpc) is 3.07. The van der Waals surface area contributed by atoms with Gasteiger partial charge in [0.2, 0.25) is 11.8 Å². The first-order chi connectivity index (χ1) is 13.7. The number of esters is 1. The van der Waals surface area contributed by atoms with Gasteiger partial charge in [-0.05, 0) is 42.0 Å². The molecule has 0 unspecified atom stereocenters. The van der Waals surface area contributed by atoms with Crippen molar-refractivity contribution in [2.45, 2.75) is 19.2 Å². The van der Waals surface area contributed by atoms with Crippen molar-refractivity contribution in [3.8, 4) is 5.75 Å². The monoisotopic (exact) mass is 435 g/mol. The van der Waals surface area contributed by atoms with Gasteiger partial charge in [0.05, 0.1) is 10.6 Å². The van der Waals surface area contributed by atoms with Crippen molar-refractivity contribution in [1.29, 1.82) is 0 Å². The second-order valence-corrected chi connectivity index (χ2v) is 7.48. The van der Waals surface area contributed by atoms with Gasteiger partial charge in [-0.15, -0.1) is 5.10 Å². The van der Waals surface area contributed by atoms with Crippen LogP contribution in [0.5, 0.6) is 5.75 Å². The molecule has 2 aromatic carbocycles. The molecule has 29 heavy (non-hydrogen) atoms. The van der Waals surface area contributed by atoms with E-state index in [1.165, 1.54) is 48.8 Å². The van der Waals surface area contributed by atoms with Crippen LogP contribution in [0.3, 0.4) is 0 Å². The van der Waals surface area contributed by atoms with Crippen molar-refractivity contribution in [2.24, 2.45) is 5.10 Å². The van der Waals surface area contributed by atoms with E-state index >= 15 is 0 Å². The molecule has 1 N–H and O–H groups in total. The predicted octanol–water partition coefficient (Wildman–Crippen LogP) is 3.70. The second kappa shape index (κ2) is 8.62. The number of hydrogen-bond acceptors (Lipinski definition) is 6. The Bertz CT molecular complexity index is 1010. The number of benzene rings is 2. The minimum atomic E-state index is -0.684. The highest BCUT2D eigenvalue weighted by Crippen LogP contribution is 2.41. The first-order valence-electron chi connectivity index (χ1n) is 8.34. The highest BCUT2D eigenvalue weighted by atomic mass is 35.5. The Balaban J connectivity index is 1.78. The lowest BCUT2D eigenvalue weighted by Crippen LogP contribution is -2.25. The van der Waals surface area contributed by atoms with Gasteiger partial charge in [0.1, 0.15) is 16.9 Å². The Kier molecular flexibility index (Phi) is 6.19. The van der Waals surface area contributed by atoms with Gasteiger partial charge in [0.25, 0.3) is 0 Å².